The smallest absolute Gasteiger partial charge is 0.238 e. The number of nitrogens with zero attached hydrogens (tertiary/aromatic N) is 1. The third-order valence-corrected chi connectivity index (χ3v) is 4.18. The minimum absolute atomic E-state index is 0.0292. The van der Waals surface area contributed by atoms with E-state index in [1.807, 2.05) is 31.3 Å². The molecule has 0 saturated carbocycles. The van der Waals surface area contributed by atoms with E-state index in [9.17, 15) is 4.79 Å². The Kier molecular flexibility index (Phi) is 5.99. The third kappa shape index (κ3) is 4.41. The van der Waals surface area contributed by atoms with Crippen LogP contribution >= 0.6 is 11.6 Å². The van der Waals surface area contributed by atoms with Gasteiger partial charge in [-0.05, 0) is 31.6 Å². The average Bonchev–Trinajstić information content (AvgIpc) is 2.97. The molecule has 1 aromatic carbocycles. The standard InChI is InChI=1S/C15H23ClN4O/c1-3-20(2)9-8-17-15(21)14-10-13(18-19-14)11-6-4-5-7-12(11)16/h4-7,13-14,18-19H,3,8-10H2,1-2H3,(H,17,21). The summed E-state index contributed by atoms with van der Waals surface area (Å²) in [7, 11) is 2.04. The van der Waals surface area contributed by atoms with Gasteiger partial charge in [0.15, 0.2) is 0 Å². The molecule has 21 heavy (non-hydrogen) atoms. The Labute approximate surface area is 131 Å². The predicted molar refractivity (Wildman–Crippen MR) is 85.1 cm³/mol. The lowest BCUT2D eigenvalue weighted by Crippen LogP contribution is -2.45. The van der Waals surface area contributed by atoms with Crippen molar-refractivity contribution in [3.63, 3.8) is 0 Å². The van der Waals surface area contributed by atoms with Gasteiger partial charge < -0.3 is 10.2 Å². The van der Waals surface area contributed by atoms with Gasteiger partial charge in [-0.15, -0.1) is 0 Å². The lowest BCUT2D eigenvalue weighted by atomic mass is 10.0. The van der Waals surface area contributed by atoms with Gasteiger partial charge in [0.25, 0.3) is 0 Å². The van der Waals surface area contributed by atoms with Crippen LogP contribution in [0.1, 0.15) is 24.9 Å². The summed E-state index contributed by atoms with van der Waals surface area (Å²) in [5.74, 6) is 0.0292. The van der Waals surface area contributed by atoms with Crippen LogP contribution in [0.3, 0.4) is 0 Å². The molecule has 1 saturated heterocycles. The Morgan fingerprint density at radius 2 is 2.19 bits per heavy atom. The molecule has 3 N–H and O–H groups in total. The highest BCUT2D eigenvalue weighted by Gasteiger charge is 2.30. The number of hydrogen-bond acceptors (Lipinski definition) is 4. The molecule has 1 amide bonds. The maximum Gasteiger partial charge on any atom is 0.238 e. The van der Waals surface area contributed by atoms with Crippen LogP contribution < -0.4 is 16.2 Å². The van der Waals surface area contributed by atoms with Gasteiger partial charge in [0.2, 0.25) is 5.91 Å². The fraction of sp³-hybridized carbons (Fsp3) is 0.533. The summed E-state index contributed by atoms with van der Waals surface area (Å²) in [5, 5.41) is 3.68. The van der Waals surface area contributed by atoms with E-state index in [1.54, 1.807) is 0 Å². The summed E-state index contributed by atoms with van der Waals surface area (Å²) < 4.78 is 0. The van der Waals surface area contributed by atoms with Crippen molar-refractivity contribution in [1.29, 1.82) is 0 Å². The molecule has 0 aromatic heterocycles. The second-order valence-corrected chi connectivity index (χ2v) is 5.75. The highest BCUT2D eigenvalue weighted by molar-refractivity contribution is 6.31. The number of carbonyl (C=O) groups excluding carboxylic acids is 1. The Balaban J connectivity index is 1.82. The molecule has 116 valence electrons. The molecule has 1 aromatic rings. The first kappa shape index (κ1) is 16.2. The Morgan fingerprint density at radius 1 is 1.43 bits per heavy atom. The van der Waals surface area contributed by atoms with Crippen LogP contribution in [0.25, 0.3) is 0 Å². The predicted octanol–water partition coefficient (Wildman–Crippen LogP) is 1.32. The Morgan fingerprint density at radius 3 is 2.90 bits per heavy atom. The van der Waals surface area contributed by atoms with Gasteiger partial charge in [-0.2, -0.15) is 0 Å². The number of benzene rings is 1. The normalized spacial score (nSPS) is 21.7. The van der Waals surface area contributed by atoms with Crippen LogP contribution in [0.2, 0.25) is 5.02 Å². The van der Waals surface area contributed by atoms with E-state index >= 15 is 0 Å². The monoisotopic (exact) mass is 310 g/mol. The second-order valence-electron chi connectivity index (χ2n) is 5.34. The molecule has 1 aliphatic rings. The van der Waals surface area contributed by atoms with E-state index in [0.717, 1.165) is 23.7 Å². The molecule has 6 heteroatoms. The highest BCUT2D eigenvalue weighted by atomic mass is 35.5. The van der Waals surface area contributed by atoms with Crippen molar-refractivity contribution >= 4 is 17.5 Å². The first-order chi connectivity index (χ1) is 10.1. The highest BCUT2D eigenvalue weighted by Crippen LogP contribution is 2.28. The van der Waals surface area contributed by atoms with Crippen molar-refractivity contribution in [3.05, 3.63) is 34.9 Å². The van der Waals surface area contributed by atoms with Crippen molar-refractivity contribution in [3.8, 4) is 0 Å². The number of likely N-dealkylation sites (N-methyl/N-ethyl adjacent to an activating group) is 1. The van der Waals surface area contributed by atoms with Crippen molar-refractivity contribution in [1.82, 2.24) is 21.1 Å². The molecule has 1 aliphatic heterocycles. The maximum absolute atomic E-state index is 12.1. The topological polar surface area (TPSA) is 56.4 Å². The summed E-state index contributed by atoms with van der Waals surface area (Å²) >= 11 is 6.19. The molecule has 2 unspecified atom stereocenters. The molecule has 5 nitrogen and oxygen atoms in total. The minimum atomic E-state index is -0.224. The maximum atomic E-state index is 12.1. The van der Waals surface area contributed by atoms with Crippen molar-refractivity contribution < 1.29 is 4.79 Å². The zero-order valence-electron chi connectivity index (χ0n) is 12.5. The van der Waals surface area contributed by atoms with E-state index in [-0.39, 0.29) is 18.0 Å². The van der Waals surface area contributed by atoms with Gasteiger partial charge in [0, 0.05) is 24.2 Å². The Hall–Kier alpha value is -1.14. The number of hydrazine groups is 1. The molecule has 1 fully saturated rings. The van der Waals surface area contributed by atoms with Crippen LogP contribution in [0.15, 0.2) is 24.3 Å². The second kappa shape index (κ2) is 7.75. The molecule has 2 rings (SSSR count). The molecule has 2 atom stereocenters. The van der Waals surface area contributed by atoms with Crippen LogP contribution in [-0.4, -0.2) is 43.5 Å². The van der Waals surface area contributed by atoms with Gasteiger partial charge in [-0.1, -0.05) is 36.7 Å². The zero-order chi connectivity index (χ0) is 15.2. The van der Waals surface area contributed by atoms with E-state index in [0.29, 0.717) is 13.0 Å². The first-order valence-electron chi connectivity index (χ1n) is 7.33. The quantitative estimate of drug-likeness (QED) is 0.742. The lowest BCUT2D eigenvalue weighted by Gasteiger charge is -2.15. The fourth-order valence-electron chi connectivity index (χ4n) is 2.34. The van der Waals surface area contributed by atoms with Gasteiger partial charge in [0.05, 0.1) is 0 Å². The lowest BCUT2D eigenvalue weighted by molar-refractivity contribution is -0.122. The van der Waals surface area contributed by atoms with E-state index in [1.165, 1.54) is 0 Å². The molecule has 1 heterocycles. The van der Waals surface area contributed by atoms with E-state index < -0.39 is 0 Å². The van der Waals surface area contributed by atoms with Crippen LogP contribution in [0.5, 0.6) is 0 Å². The molecular weight excluding hydrogens is 288 g/mol. The molecule has 0 bridgehead atoms. The van der Waals surface area contributed by atoms with Crippen molar-refractivity contribution in [2.75, 3.05) is 26.7 Å². The summed E-state index contributed by atoms with van der Waals surface area (Å²) in [5.41, 5.74) is 7.22. The number of nitrogens with one attached hydrogen (secondary N) is 3. The summed E-state index contributed by atoms with van der Waals surface area (Å²) in [6, 6.07) is 7.55. The van der Waals surface area contributed by atoms with Gasteiger partial charge in [-0.25, -0.2) is 10.9 Å². The summed E-state index contributed by atoms with van der Waals surface area (Å²) in [4.78, 5) is 14.3. The molecule has 0 aliphatic carbocycles. The van der Waals surface area contributed by atoms with Crippen molar-refractivity contribution in [2.24, 2.45) is 0 Å². The number of amides is 1. The van der Waals surface area contributed by atoms with Crippen LogP contribution in [0.4, 0.5) is 0 Å². The zero-order valence-corrected chi connectivity index (χ0v) is 13.3. The Bertz CT molecular complexity index is 482. The number of rotatable bonds is 6. The third-order valence-electron chi connectivity index (χ3n) is 3.83. The van der Waals surface area contributed by atoms with Gasteiger partial charge in [0.1, 0.15) is 6.04 Å². The molecule has 0 radical (unpaired) electrons. The minimum Gasteiger partial charge on any atom is -0.353 e. The van der Waals surface area contributed by atoms with E-state index in [4.69, 9.17) is 11.6 Å². The first-order valence-corrected chi connectivity index (χ1v) is 7.71. The summed E-state index contributed by atoms with van der Waals surface area (Å²) in [6.07, 6.45) is 0.694. The number of halogens is 1. The molecular formula is C15H23ClN4O. The van der Waals surface area contributed by atoms with Crippen molar-refractivity contribution in [2.45, 2.75) is 25.4 Å². The fourth-order valence-corrected chi connectivity index (χ4v) is 2.61. The van der Waals surface area contributed by atoms with Gasteiger partial charge >= 0.3 is 0 Å². The van der Waals surface area contributed by atoms with Crippen LogP contribution in [-0.2, 0) is 4.79 Å². The largest absolute Gasteiger partial charge is 0.353 e. The SMILES string of the molecule is CCN(C)CCNC(=O)C1CC(c2ccccc2Cl)NN1. The van der Waals surface area contributed by atoms with E-state index in [2.05, 4.69) is 28.0 Å². The number of hydrogen-bond donors (Lipinski definition) is 3. The van der Waals surface area contributed by atoms with Crippen LogP contribution in [0, 0.1) is 0 Å². The average molecular weight is 311 g/mol. The van der Waals surface area contributed by atoms with Gasteiger partial charge in [-0.3, -0.25) is 4.79 Å². The molecule has 0 spiro atoms. The summed E-state index contributed by atoms with van der Waals surface area (Å²) in [6.45, 7) is 4.60. The number of carbonyl (C=O) groups is 1.